The number of aryl methyl sites for hydroxylation is 1. The molecule has 2 N–H and O–H groups in total. The van der Waals surface area contributed by atoms with E-state index in [4.69, 9.17) is 10.5 Å². The number of rotatable bonds is 5. The summed E-state index contributed by atoms with van der Waals surface area (Å²) in [5.41, 5.74) is 6.67. The van der Waals surface area contributed by atoms with Gasteiger partial charge >= 0.3 is 5.97 Å². The van der Waals surface area contributed by atoms with Gasteiger partial charge in [0.15, 0.2) is 0 Å². The number of carbonyl (C=O) groups is 1. The van der Waals surface area contributed by atoms with E-state index in [0.717, 1.165) is 5.56 Å². The third kappa shape index (κ3) is 3.88. The smallest absolute Gasteiger partial charge is 0.348 e. The number of tetrazole rings is 1. The minimum absolute atomic E-state index is 0.227. The predicted molar refractivity (Wildman–Crippen MR) is 105 cm³/mol. The molecule has 0 spiro atoms. The van der Waals surface area contributed by atoms with Crippen LogP contribution in [0, 0.1) is 6.92 Å². The number of carbonyl (C=O) groups excluding carboxylic acids is 1. The van der Waals surface area contributed by atoms with Gasteiger partial charge in [-0.2, -0.15) is 0 Å². The van der Waals surface area contributed by atoms with Crippen molar-refractivity contribution in [3.05, 3.63) is 16.3 Å². The van der Waals surface area contributed by atoms with Crippen LogP contribution >= 0.6 is 23.1 Å². The molecule has 3 rings (SSSR count). The summed E-state index contributed by atoms with van der Waals surface area (Å²) in [6, 6.07) is 0. The predicted octanol–water partition coefficient (Wildman–Crippen LogP) is 2.79. The Bertz CT molecular complexity index is 991. The highest BCUT2D eigenvalue weighted by Gasteiger charge is 2.22. The first-order valence-electron chi connectivity index (χ1n) is 8.36. The molecule has 9 nitrogen and oxygen atoms in total. The number of nitrogens with two attached hydrogens (primary N) is 1. The number of aromatic nitrogens is 6. The summed E-state index contributed by atoms with van der Waals surface area (Å²) in [5.74, 6) is 1.01. The number of nitrogens with zero attached hydrogens (tertiary/aromatic N) is 6. The summed E-state index contributed by atoms with van der Waals surface area (Å²) in [6.45, 7) is 10.0. The molecule has 0 unspecified atom stereocenters. The van der Waals surface area contributed by atoms with Gasteiger partial charge in [-0.15, -0.1) is 16.4 Å². The second-order valence-corrected chi connectivity index (χ2v) is 8.76. The molecule has 11 heteroatoms. The molecule has 27 heavy (non-hydrogen) atoms. The van der Waals surface area contributed by atoms with Crippen LogP contribution in [0.1, 0.15) is 48.8 Å². The summed E-state index contributed by atoms with van der Waals surface area (Å²) in [7, 11) is 0. The van der Waals surface area contributed by atoms with Crippen molar-refractivity contribution in [2.45, 2.75) is 51.1 Å². The maximum absolute atomic E-state index is 12.1. The molecule has 0 saturated heterocycles. The summed E-state index contributed by atoms with van der Waals surface area (Å²) in [5, 5.41) is 13.2. The zero-order valence-electron chi connectivity index (χ0n) is 15.8. The van der Waals surface area contributed by atoms with E-state index in [1.165, 1.54) is 23.1 Å². The van der Waals surface area contributed by atoms with Crippen molar-refractivity contribution in [3.63, 3.8) is 0 Å². The summed E-state index contributed by atoms with van der Waals surface area (Å²) >= 11 is 2.71. The maximum Gasteiger partial charge on any atom is 0.348 e. The maximum atomic E-state index is 12.1. The molecular weight excluding hydrogens is 386 g/mol. The third-order valence-electron chi connectivity index (χ3n) is 3.73. The van der Waals surface area contributed by atoms with Gasteiger partial charge < -0.3 is 10.5 Å². The Labute approximate surface area is 164 Å². The summed E-state index contributed by atoms with van der Waals surface area (Å²) < 4.78 is 6.86. The molecule has 0 atom stereocenters. The van der Waals surface area contributed by atoms with Crippen LogP contribution in [0.2, 0.25) is 0 Å². The number of anilines is 1. The van der Waals surface area contributed by atoms with Crippen molar-refractivity contribution in [1.29, 1.82) is 0 Å². The topological polar surface area (TPSA) is 122 Å². The molecule has 0 fully saturated rings. The molecule has 3 aromatic heterocycles. The number of thioether (sulfide) groups is 1. The lowest BCUT2D eigenvalue weighted by molar-refractivity contribution is 0.0531. The molecule has 0 aliphatic heterocycles. The zero-order valence-corrected chi connectivity index (χ0v) is 17.4. The molecular formula is C16H21N7O2S2. The second-order valence-electron chi connectivity index (χ2n) is 6.81. The Kier molecular flexibility index (Phi) is 5.33. The van der Waals surface area contributed by atoms with Crippen LogP contribution in [0.5, 0.6) is 0 Å². The van der Waals surface area contributed by atoms with Crippen molar-refractivity contribution in [3.8, 4) is 0 Å². The lowest BCUT2D eigenvalue weighted by Gasteiger charge is -2.19. The SMILES string of the molecule is CCOC(=O)c1sc2nc(CSc3nnnn3C(C)(C)C)nc(N)c2c1C. The highest BCUT2D eigenvalue weighted by molar-refractivity contribution is 7.98. The first-order chi connectivity index (χ1) is 12.7. The van der Waals surface area contributed by atoms with Crippen molar-refractivity contribution in [2.24, 2.45) is 0 Å². The molecule has 3 aromatic rings. The molecule has 0 saturated carbocycles. The monoisotopic (exact) mass is 407 g/mol. The van der Waals surface area contributed by atoms with Crippen LogP contribution in [0.4, 0.5) is 5.82 Å². The van der Waals surface area contributed by atoms with E-state index < -0.39 is 0 Å². The molecule has 0 amide bonds. The molecule has 0 aromatic carbocycles. The Morgan fingerprint density at radius 1 is 1.33 bits per heavy atom. The van der Waals surface area contributed by atoms with Crippen LogP contribution in [-0.4, -0.2) is 42.8 Å². The summed E-state index contributed by atoms with van der Waals surface area (Å²) in [6.07, 6.45) is 0. The number of fused-ring (bicyclic) bond motifs is 1. The fraction of sp³-hybridized carbons (Fsp3) is 0.500. The minimum Gasteiger partial charge on any atom is -0.462 e. The fourth-order valence-corrected chi connectivity index (χ4v) is 4.51. The number of nitrogen functional groups attached to an aromatic ring is 1. The normalized spacial score (nSPS) is 11.9. The van der Waals surface area contributed by atoms with E-state index in [9.17, 15) is 4.79 Å². The van der Waals surface area contributed by atoms with E-state index in [2.05, 4.69) is 25.5 Å². The molecule has 0 aliphatic rings. The third-order valence-corrected chi connectivity index (χ3v) is 5.81. The van der Waals surface area contributed by atoms with Crippen molar-refractivity contribution in [2.75, 3.05) is 12.3 Å². The average molecular weight is 408 g/mol. The first kappa shape index (κ1) is 19.5. The van der Waals surface area contributed by atoms with Crippen molar-refractivity contribution < 1.29 is 9.53 Å². The number of ether oxygens (including phenoxy) is 1. The van der Waals surface area contributed by atoms with Gasteiger partial charge in [0.05, 0.1) is 23.3 Å². The molecule has 0 aliphatic carbocycles. The van der Waals surface area contributed by atoms with Crippen LogP contribution in [0.25, 0.3) is 10.2 Å². The Morgan fingerprint density at radius 3 is 2.74 bits per heavy atom. The van der Waals surface area contributed by atoms with E-state index in [1.54, 1.807) is 11.6 Å². The summed E-state index contributed by atoms with van der Waals surface area (Å²) in [4.78, 5) is 22.3. The number of thiophene rings is 1. The number of hydrogen-bond acceptors (Lipinski definition) is 10. The Morgan fingerprint density at radius 2 is 2.07 bits per heavy atom. The Hall–Kier alpha value is -2.27. The van der Waals surface area contributed by atoms with Crippen LogP contribution in [0.15, 0.2) is 5.16 Å². The van der Waals surface area contributed by atoms with E-state index in [-0.39, 0.29) is 11.5 Å². The van der Waals surface area contributed by atoms with Crippen LogP contribution in [-0.2, 0) is 16.0 Å². The average Bonchev–Trinajstić information content (AvgIpc) is 3.18. The zero-order chi connectivity index (χ0) is 19.8. The quantitative estimate of drug-likeness (QED) is 0.502. The van der Waals surface area contributed by atoms with Crippen LogP contribution in [0.3, 0.4) is 0 Å². The van der Waals surface area contributed by atoms with Gasteiger partial charge in [-0.3, -0.25) is 0 Å². The van der Waals surface area contributed by atoms with E-state index in [0.29, 0.717) is 44.3 Å². The van der Waals surface area contributed by atoms with Gasteiger partial charge in [0.25, 0.3) is 0 Å². The molecule has 0 radical (unpaired) electrons. The Balaban J connectivity index is 1.89. The number of esters is 1. The molecule has 3 heterocycles. The van der Waals surface area contributed by atoms with Gasteiger partial charge in [0.2, 0.25) is 5.16 Å². The van der Waals surface area contributed by atoms with E-state index in [1.807, 2.05) is 27.7 Å². The standard InChI is InChI=1S/C16H21N7O2S2/c1-6-25-14(24)11-8(2)10-12(17)18-9(19-13(10)27-11)7-26-15-20-21-22-23(15)16(3,4)5/h6-7H2,1-5H3,(H2,17,18,19). The molecule has 144 valence electrons. The lowest BCUT2D eigenvalue weighted by atomic mass is 10.1. The first-order valence-corrected chi connectivity index (χ1v) is 10.2. The van der Waals surface area contributed by atoms with Gasteiger partial charge in [-0.05, 0) is 50.6 Å². The van der Waals surface area contributed by atoms with Crippen molar-refractivity contribution in [1.82, 2.24) is 30.2 Å². The highest BCUT2D eigenvalue weighted by Crippen LogP contribution is 2.34. The van der Waals surface area contributed by atoms with E-state index >= 15 is 0 Å². The number of hydrogen-bond donors (Lipinski definition) is 1. The van der Waals surface area contributed by atoms with Gasteiger partial charge in [-0.25, -0.2) is 19.4 Å². The van der Waals surface area contributed by atoms with Gasteiger partial charge in [0, 0.05) is 0 Å². The van der Waals surface area contributed by atoms with Gasteiger partial charge in [0.1, 0.15) is 21.3 Å². The fourth-order valence-electron chi connectivity index (χ4n) is 2.49. The van der Waals surface area contributed by atoms with Gasteiger partial charge in [-0.1, -0.05) is 11.8 Å². The van der Waals surface area contributed by atoms with Crippen LogP contribution < -0.4 is 5.73 Å². The highest BCUT2D eigenvalue weighted by atomic mass is 32.2. The van der Waals surface area contributed by atoms with Crippen molar-refractivity contribution >= 4 is 45.1 Å². The second kappa shape index (κ2) is 7.39. The lowest BCUT2D eigenvalue weighted by Crippen LogP contribution is -2.24. The minimum atomic E-state index is -0.363. The molecule has 0 bridgehead atoms. The largest absolute Gasteiger partial charge is 0.462 e.